The Kier molecular flexibility index (Phi) is 11.5. The van der Waals surface area contributed by atoms with Crippen LogP contribution in [0.1, 0.15) is 63.8 Å². The van der Waals surface area contributed by atoms with Crippen LogP contribution in [0.3, 0.4) is 0 Å². The fourth-order valence-corrected chi connectivity index (χ4v) is 5.89. The Morgan fingerprint density at radius 2 is 1.78 bits per heavy atom. The maximum absolute atomic E-state index is 11.8. The normalized spacial score (nSPS) is 12.1. The molecule has 8 nitrogen and oxygen atoms in total. The Labute approximate surface area is 280 Å². The van der Waals surface area contributed by atoms with Crippen molar-refractivity contribution in [3.63, 3.8) is 0 Å². The van der Waals surface area contributed by atoms with Crippen LogP contribution in [0, 0.1) is 27.7 Å². The zero-order chi connectivity index (χ0) is 33.5. The predicted octanol–water partition coefficient (Wildman–Crippen LogP) is 8.27. The minimum absolute atomic E-state index is 0.160. The number of aryl methyl sites for hydroxylation is 4. The lowest BCUT2D eigenvalue weighted by atomic mass is 9.91. The van der Waals surface area contributed by atoms with Gasteiger partial charge in [0, 0.05) is 47.0 Å². The van der Waals surface area contributed by atoms with E-state index < -0.39 is 5.97 Å². The molecule has 0 saturated heterocycles. The van der Waals surface area contributed by atoms with Gasteiger partial charge in [-0.2, -0.15) is 5.10 Å². The second-order valence-electron chi connectivity index (χ2n) is 11.5. The number of carboxylic acids is 1. The molecule has 0 aliphatic carbocycles. The number of aromatic nitrogens is 2. The summed E-state index contributed by atoms with van der Waals surface area (Å²) in [5, 5.41) is 22.0. The second kappa shape index (κ2) is 15.3. The molecule has 10 heteroatoms. The van der Waals surface area contributed by atoms with Gasteiger partial charge in [0.1, 0.15) is 5.75 Å². The van der Waals surface area contributed by atoms with Crippen molar-refractivity contribution in [2.45, 2.75) is 53.5 Å². The van der Waals surface area contributed by atoms with Gasteiger partial charge in [0.25, 0.3) is 0 Å². The smallest absolute Gasteiger partial charge is 0.335 e. The summed E-state index contributed by atoms with van der Waals surface area (Å²) >= 11 is 13.3. The summed E-state index contributed by atoms with van der Waals surface area (Å²) in [6.45, 7) is 10.7. The summed E-state index contributed by atoms with van der Waals surface area (Å²) in [5.41, 5.74) is 9.08. The first kappa shape index (κ1) is 34.6. The van der Waals surface area contributed by atoms with Crippen LogP contribution in [-0.2, 0) is 11.8 Å². The van der Waals surface area contributed by atoms with Crippen molar-refractivity contribution in [2.24, 2.45) is 7.05 Å². The van der Waals surface area contributed by atoms with Crippen molar-refractivity contribution in [1.29, 1.82) is 0 Å². The van der Waals surface area contributed by atoms with Gasteiger partial charge in [-0.25, -0.2) is 4.79 Å². The van der Waals surface area contributed by atoms with Crippen LogP contribution >= 0.6 is 23.2 Å². The van der Waals surface area contributed by atoms with Crippen LogP contribution in [-0.4, -0.2) is 46.5 Å². The molecule has 4 rings (SSSR count). The van der Waals surface area contributed by atoms with E-state index in [1.54, 1.807) is 18.2 Å². The van der Waals surface area contributed by atoms with E-state index in [2.05, 4.69) is 15.7 Å². The number of hydrogen-bond acceptors (Lipinski definition) is 5. The fourth-order valence-electron chi connectivity index (χ4n) is 5.53. The molecule has 242 valence electrons. The first-order valence-corrected chi connectivity index (χ1v) is 15.9. The number of rotatable bonds is 14. The van der Waals surface area contributed by atoms with E-state index in [-0.39, 0.29) is 11.6 Å². The Balaban J connectivity index is 1.81. The second-order valence-corrected chi connectivity index (χ2v) is 12.3. The maximum Gasteiger partial charge on any atom is 0.335 e. The molecule has 4 aromatic rings. The average molecular weight is 664 g/mol. The molecule has 0 aliphatic heterocycles. The topological polar surface area (TPSA) is 105 Å². The van der Waals surface area contributed by atoms with Crippen molar-refractivity contribution in [1.82, 2.24) is 15.1 Å². The van der Waals surface area contributed by atoms with E-state index in [9.17, 15) is 14.7 Å². The number of aromatic carboxylic acids is 1. The van der Waals surface area contributed by atoms with E-state index >= 15 is 0 Å². The first-order chi connectivity index (χ1) is 21.9. The maximum atomic E-state index is 11.8. The average Bonchev–Trinajstić information content (AvgIpc) is 3.26. The Bertz CT molecular complexity index is 1760. The minimum Gasteiger partial charge on any atom is -0.494 e. The van der Waals surface area contributed by atoms with Gasteiger partial charge < -0.3 is 20.5 Å². The Morgan fingerprint density at radius 3 is 2.41 bits per heavy atom. The molecule has 3 aromatic carbocycles. The summed E-state index contributed by atoms with van der Waals surface area (Å²) in [6, 6.07) is 14.4. The fraction of sp³-hybridized carbons (Fsp3) is 0.306. The molecule has 1 aromatic heterocycles. The molecular formula is C36H40Cl2N4O4. The van der Waals surface area contributed by atoms with E-state index in [0.717, 1.165) is 66.8 Å². The van der Waals surface area contributed by atoms with Crippen molar-refractivity contribution in [3.05, 3.63) is 97.8 Å². The number of carbonyl (C=O) groups is 2. The summed E-state index contributed by atoms with van der Waals surface area (Å²) in [5.74, 6) is -0.233. The Hall–Kier alpha value is -4.27. The number of hydrogen-bond donors (Lipinski definition) is 3. The van der Waals surface area contributed by atoms with Crippen molar-refractivity contribution in [2.75, 3.05) is 18.5 Å². The van der Waals surface area contributed by atoms with Gasteiger partial charge in [-0.1, -0.05) is 47.5 Å². The Morgan fingerprint density at radius 1 is 1.07 bits per heavy atom. The van der Waals surface area contributed by atoms with Crippen LogP contribution in [0.15, 0.2) is 48.5 Å². The molecule has 1 atom stereocenters. The zero-order valence-electron chi connectivity index (χ0n) is 27.0. The third-order valence-electron chi connectivity index (χ3n) is 7.94. The van der Waals surface area contributed by atoms with Gasteiger partial charge >= 0.3 is 5.97 Å². The molecule has 46 heavy (non-hydrogen) atoms. The van der Waals surface area contributed by atoms with Crippen LogP contribution < -0.4 is 15.4 Å². The predicted molar refractivity (Wildman–Crippen MR) is 187 cm³/mol. The van der Waals surface area contributed by atoms with Crippen molar-refractivity contribution < 1.29 is 19.4 Å². The number of halogens is 2. The summed E-state index contributed by atoms with van der Waals surface area (Å²) < 4.78 is 7.97. The van der Waals surface area contributed by atoms with Gasteiger partial charge in [-0.15, -0.1) is 0 Å². The monoisotopic (exact) mass is 662 g/mol. The number of carbonyl (C=O) groups excluding carboxylic acids is 1. The molecule has 1 heterocycles. The summed E-state index contributed by atoms with van der Waals surface area (Å²) in [6.07, 6.45) is 3.99. The molecule has 0 saturated carbocycles. The number of anilines is 1. The molecule has 0 spiro atoms. The molecule has 1 unspecified atom stereocenters. The number of ether oxygens (including phenoxy) is 1. The quantitative estimate of drug-likeness (QED) is 0.0713. The number of carboxylic acid groups (broad SMARTS) is 1. The highest BCUT2D eigenvalue weighted by atomic mass is 35.5. The lowest BCUT2D eigenvalue weighted by molar-refractivity contribution is -0.110. The van der Waals surface area contributed by atoms with Crippen molar-refractivity contribution >= 4 is 52.9 Å². The van der Waals surface area contributed by atoms with Crippen LogP contribution in [0.5, 0.6) is 5.75 Å². The van der Waals surface area contributed by atoms with Gasteiger partial charge in [-0.3, -0.25) is 9.48 Å². The summed E-state index contributed by atoms with van der Waals surface area (Å²) in [7, 11) is 1.90. The minimum atomic E-state index is -0.992. The molecule has 0 aliphatic rings. The molecule has 0 bridgehead atoms. The largest absolute Gasteiger partial charge is 0.494 e. The van der Waals surface area contributed by atoms with E-state index in [4.69, 9.17) is 27.9 Å². The number of nitrogens with one attached hydrogen (secondary N) is 2. The highest BCUT2D eigenvalue weighted by Crippen LogP contribution is 2.43. The third-order valence-corrected chi connectivity index (χ3v) is 8.85. The zero-order valence-corrected chi connectivity index (χ0v) is 28.5. The van der Waals surface area contributed by atoms with Crippen LogP contribution in [0.4, 0.5) is 5.69 Å². The molecular weight excluding hydrogens is 623 g/mol. The van der Waals surface area contributed by atoms with E-state index in [1.165, 1.54) is 0 Å². The number of allylic oxidation sites excluding steroid dienone is 1. The van der Waals surface area contributed by atoms with E-state index in [0.29, 0.717) is 37.4 Å². The molecule has 0 radical (unpaired) electrons. The third kappa shape index (κ3) is 8.11. The van der Waals surface area contributed by atoms with Crippen molar-refractivity contribution in [3.8, 4) is 16.9 Å². The number of benzene rings is 3. The lowest BCUT2D eigenvalue weighted by Gasteiger charge is -2.22. The molecule has 3 N–H and O–H groups in total. The standard InChI is InChI=1S/C36H40Cl2N4O4/c1-21-15-29(16-22(2)34(21)38)46-14-8-11-27(17-26-9-7-10-28(18-26)36(44)45)30-12-13-31(37)33(32-24(4)41-42(6)25(32)5)35(30)39-19-23(3)40-20-43/h7,9-10,12-13,15-18,20,23,39H,8,11,14,19H2,1-6H3,(H,40,43)(H,44,45)/b27-17+. The number of nitrogens with zero attached hydrogens (tertiary/aromatic N) is 2. The first-order valence-electron chi connectivity index (χ1n) is 15.1. The summed E-state index contributed by atoms with van der Waals surface area (Å²) in [4.78, 5) is 23.0. The van der Waals surface area contributed by atoms with Gasteiger partial charge in [0.05, 0.1) is 28.6 Å². The van der Waals surface area contributed by atoms with Gasteiger partial charge in [-0.05, 0) is 100 Å². The molecule has 1 amide bonds. The lowest BCUT2D eigenvalue weighted by Crippen LogP contribution is -2.31. The van der Waals surface area contributed by atoms with Gasteiger partial charge in [0.15, 0.2) is 0 Å². The van der Waals surface area contributed by atoms with Crippen LogP contribution in [0.2, 0.25) is 10.0 Å². The van der Waals surface area contributed by atoms with E-state index in [1.807, 2.05) is 82.8 Å². The highest BCUT2D eigenvalue weighted by Gasteiger charge is 2.23. The number of amides is 1. The van der Waals surface area contributed by atoms with Crippen LogP contribution in [0.25, 0.3) is 22.8 Å². The SMILES string of the molecule is Cc1cc(OCCC/C(=C\c2cccc(C(=O)O)c2)c2ccc(Cl)c(-c3c(C)nn(C)c3C)c2NCC(C)NC=O)cc(C)c1Cl. The highest BCUT2D eigenvalue weighted by molar-refractivity contribution is 6.34. The van der Waals surface area contributed by atoms with Gasteiger partial charge in [0.2, 0.25) is 6.41 Å². The molecule has 0 fully saturated rings.